The quantitative estimate of drug-likeness (QED) is 0.712. The highest BCUT2D eigenvalue weighted by Gasteiger charge is 2.11. The largest absolute Gasteiger partial charge is 0.476 e. The molecule has 4 nitrogen and oxygen atoms in total. The number of nitrogens with zero attached hydrogens (tertiary/aromatic N) is 1. The van der Waals surface area contributed by atoms with Crippen LogP contribution in [0.25, 0.3) is 6.08 Å². The maximum Gasteiger partial charge on any atom is 0.364 e. The fraction of sp³-hybridized carbons (Fsp3) is 0.250. The summed E-state index contributed by atoms with van der Waals surface area (Å²) < 4.78 is 17.4. The van der Waals surface area contributed by atoms with E-state index in [1.54, 1.807) is 13.8 Å². The minimum absolute atomic E-state index is 0.375. The number of aryl methyl sites for hydroxylation is 2. The third-order valence-corrected chi connectivity index (χ3v) is 1.56. The molecule has 0 bridgehead atoms. The standard InChI is InChI=1S/C8H8FNO3/c1-4-6(5(2)13-10-4)3-7(9)8(11)12/h3H,1-2H3,(H,11,12). The van der Waals surface area contributed by atoms with Crippen LogP contribution in [0, 0.1) is 13.8 Å². The lowest BCUT2D eigenvalue weighted by Gasteiger charge is -1.90. The van der Waals surface area contributed by atoms with Gasteiger partial charge in [-0.2, -0.15) is 4.39 Å². The van der Waals surface area contributed by atoms with Crippen LogP contribution in [-0.2, 0) is 4.79 Å². The normalized spacial score (nSPS) is 11.8. The molecule has 0 fully saturated rings. The van der Waals surface area contributed by atoms with E-state index < -0.39 is 11.8 Å². The zero-order valence-electron chi connectivity index (χ0n) is 7.17. The van der Waals surface area contributed by atoms with Crippen LogP contribution in [0.1, 0.15) is 17.0 Å². The summed E-state index contributed by atoms with van der Waals surface area (Å²) in [5, 5.41) is 11.8. The van der Waals surface area contributed by atoms with Crippen LogP contribution < -0.4 is 0 Å². The molecule has 0 spiro atoms. The first-order valence-corrected chi connectivity index (χ1v) is 3.55. The number of hydrogen-bond acceptors (Lipinski definition) is 3. The second-order valence-corrected chi connectivity index (χ2v) is 2.54. The first-order chi connectivity index (χ1) is 6.02. The monoisotopic (exact) mass is 185 g/mol. The molecule has 13 heavy (non-hydrogen) atoms. The van der Waals surface area contributed by atoms with E-state index in [2.05, 4.69) is 5.16 Å². The number of aromatic nitrogens is 1. The second-order valence-electron chi connectivity index (χ2n) is 2.54. The van der Waals surface area contributed by atoms with E-state index in [0.717, 1.165) is 6.08 Å². The molecule has 5 heteroatoms. The van der Waals surface area contributed by atoms with Gasteiger partial charge in [0, 0.05) is 5.56 Å². The summed E-state index contributed by atoms with van der Waals surface area (Å²) in [5.41, 5.74) is 0.841. The average molecular weight is 185 g/mol. The number of carbonyl (C=O) groups is 1. The molecule has 0 unspecified atom stereocenters. The number of halogens is 1. The lowest BCUT2D eigenvalue weighted by molar-refractivity contribution is -0.134. The SMILES string of the molecule is Cc1noc(C)c1C=C(F)C(=O)O. The van der Waals surface area contributed by atoms with E-state index in [4.69, 9.17) is 9.63 Å². The second kappa shape index (κ2) is 3.38. The summed E-state index contributed by atoms with van der Waals surface area (Å²) in [6.07, 6.45) is 0.892. The van der Waals surface area contributed by atoms with Gasteiger partial charge in [0.15, 0.2) is 0 Å². The molecular formula is C8H8FNO3. The molecule has 0 aromatic carbocycles. The Bertz CT molecular complexity index is 348. The van der Waals surface area contributed by atoms with Crippen molar-refractivity contribution < 1.29 is 18.8 Å². The summed E-state index contributed by atoms with van der Waals surface area (Å²) in [4.78, 5) is 10.2. The van der Waals surface area contributed by atoms with Crippen LogP contribution >= 0.6 is 0 Å². The van der Waals surface area contributed by atoms with Gasteiger partial charge in [-0.1, -0.05) is 5.16 Å². The van der Waals surface area contributed by atoms with Gasteiger partial charge in [0.05, 0.1) is 5.69 Å². The van der Waals surface area contributed by atoms with Gasteiger partial charge in [-0.15, -0.1) is 0 Å². The molecule has 0 saturated carbocycles. The smallest absolute Gasteiger partial charge is 0.364 e. The topological polar surface area (TPSA) is 63.3 Å². The third-order valence-electron chi connectivity index (χ3n) is 1.56. The molecule has 0 amide bonds. The number of carboxylic acid groups (broad SMARTS) is 1. The Morgan fingerprint density at radius 3 is 2.62 bits per heavy atom. The molecule has 0 atom stereocenters. The predicted molar refractivity (Wildman–Crippen MR) is 42.7 cm³/mol. The molecule has 1 heterocycles. The van der Waals surface area contributed by atoms with Crippen LogP contribution in [0.5, 0.6) is 0 Å². The minimum Gasteiger partial charge on any atom is -0.476 e. The highest BCUT2D eigenvalue weighted by Crippen LogP contribution is 2.16. The summed E-state index contributed by atoms with van der Waals surface area (Å²) in [6, 6.07) is 0. The molecule has 0 aliphatic rings. The lowest BCUT2D eigenvalue weighted by Crippen LogP contribution is -1.94. The molecule has 0 saturated heterocycles. The summed E-state index contributed by atoms with van der Waals surface area (Å²) in [6.45, 7) is 3.19. The van der Waals surface area contributed by atoms with Crippen LogP contribution in [0.15, 0.2) is 10.3 Å². The van der Waals surface area contributed by atoms with Crippen LogP contribution in [0.4, 0.5) is 4.39 Å². The van der Waals surface area contributed by atoms with E-state index in [1.807, 2.05) is 0 Å². The van der Waals surface area contributed by atoms with E-state index in [1.165, 1.54) is 0 Å². The molecule has 1 rings (SSSR count). The third kappa shape index (κ3) is 1.93. The first kappa shape index (κ1) is 9.44. The van der Waals surface area contributed by atoms with Crippen molar-refractivity contribution in [2.24, 2.45) is 0 Å². The van der Waals surface area contributed by atoms with Crippen molar-refractivity contribution in [1.29, 1.82) is 0 Å². The van der Waals surface area contributed by atoms with Crippen molar-refractivity contribution in [3.8, 4) is 0 Å². The van der Waals surface area contributed by atoms with Gasteiger partial charge in [-0.25, -0.2) is 4.79 Å². The van der Waals surface area contributed by atoms with Crippen LogP contribution in [-0.4, -0.2) is 16.2 Å². The average Bonchev–Trinajstić information content (AvgIpc) is 2.35. The van der Waals surface area contributed by atoms with Gasteiger partial charge >= 0.3 is 5.97 Å². The van der Waals surface area contributed by atoms with E-state index in [0.29, 0.717) is 17.0 Å². The number of hydrogen-bond donors (Lipinski definition) is 1. The lowest BCUT2D eigenvalue weighted by atomic mass is 10.2. The van der Waals surface area contributed by atoms with Crippen molar-refractivity contribution in [2.75, 3.05) is 0 Å². The molecular weight excluding hydrogens is 177 g/mol. The van der Waals surface area contributed by atoms with Crippen molar-refractivity contribution >= 4 is 12.0 Å². The Balaban J connectivity index is 3.10. The first-order valence-electron chi connectivity index (χ1n) is 3.55. The van der Waals surface area contributed by atoms with Gasteiger partial charge in [0.2, 0.25) is 5.83 Å². The molecule has 1 aromatic heterocycles. The summed E-state index contributed by atoms with van der Waals surface area (Å²) in [5.74, 6) is -2.43. The molecule has 1 N–H and O–H groups in total. The minimum atomic E-state index is -1.60. The Morgan fingerprint density at radius 2 is 2.23 bits per heavy atom. The van der Waals surface area contributed by atoms with Crippen molar-refractivity contribution in [2.45, 2.75) is 13.8 Å². The molecule has 70 valence electrons. The Morgan fingerprint density at radius 1 is 1.62 bits per heavy atom. The van der Waals surface area contributed by atoms with E-state index >= 15 is 0 Å². The number of carboxylic acids is 1. The van der Waals surface area contributed by atoms with Gasteiger partial charge in [0.25, 0.3) is 0 Å². The Labute approximate surface area is 73.7 Å². The van der Waals surface area contributed by atoms with Gasteiger partial charge in [0.1, 0.15) is 5.76 Å². The molecule has 1 aromatic rings. The Hall–Kier alpha value is -1.65. The molecule has 0 aliphatic carbocycles. The summed E-state index contributed by atoms with van der Waals surface area (Å²) in [7, 11) is 0. The molecule has 0 aliphatic heterocycles. The fourth-order valence-electron chi connectivity index (χ4n) is 0.885. The van der Waals surface area contributed by atoms with Crippen molar-refractivity contribution in [1.82, 2.24) is 5.16 Å². The highest BCUT2D eigenvalue weighted by molar-refractivity contribution is 5.89. The van der Waals surface area contributed by atoms with E-state index in [-0.39, 0.29) is 0 Å². The van der Waals surface area contributed by atoms with E-state index in [9.17, 15) is 9.18 Å². The number of aliphatic carboxylic acids is 1. The molecule has 0 radical (unpaired) electrons. The maximum absolute atomic E-state index is 12.6. The fourth-order valence-corrected chi connectivity index (χ4v) is 0.885. The summed E-state index contributed by atoms with van der Waals surface area (Å²) >= 11 is 0. The zero-order valence-corrected chi connectivity index (χ0v) is 7.17. The van der Waals surface area contributed by atoms with Gasteiger partial charge in [-0.3, -0.25) is 0 Å². The number of rotatable bonds is 2. The van der Waals surface area contributed by atoms with Crippen LogP contribution in [0.3, 0.4) is 0 Å². The maximum atomic E-state index is 12.6. The van der Waals surface area contributed by atoms with Crippen molar-refractivity contribution in [3.63, 3.8) is 0 Å². The van der Waals surface area contributed by atoms with Crippen LogP contribution in [0.2, 0.25) is 0 Å². The van der Waals surface area contributed by atoms with Gasteiger partial charge < -0.3 is 9.63 Å². The zero-order chi connectivity index (χ0) is 10.0. The van der Waals surface area contributed by atoms with Gasteiger partial charge in [-0.05, 0) is 19.9 Å². The van der Waals surface area contributed by atoms with Crippen molar-refractivity contribution in [3.05, 3.63) is 22.8 Å². The Kier molecular flexibility index (Phi) is 2.46. The predicted octanol–water partition coefficient (Wildman–Crippen LogP) is 1.69. The highest BCUT2D eigenvalue weighted by atomic mass is 19.1.